The van der Waals surface area contributed by atoms with Crippen molar-refractivity contribution in [2.24, 2.45) is 10.9 Å². The molecule has 6 heteroatoms. The Balaban J connectivity index is 2.09. The maximum absolute atomic E-state index is 8.64. The molecule has 0 aliphatic carbocycles. The van der Waals surface area contributed by atoms with E-state index in [0.717, 1.165) is 21.8 Å². The maximum Gasteiger partial charge on any atom is 0.188 e. The fourth-order valence-electron chi connectivity index (χ4n) is 1.68. The van der Waals surface area contributed by atoms with E-state index in [-0.39, 0.29) is 5.84 Å². The Labute approximate surface area is 122 Å². The molecule has 0 bridgehead atoms. The van der Waals surface area contributed by atoms with Crippen LogP contribution in [0.3, 0.4) is 0 Å². The first-order valence-electron chi connectivity index (χ1n) is 6.03. The molecule has 0 radical (unpaired) electrons. The van der Waals surface area contributed by atoms with E-state index in [1.54, 1.807) is 12.3 Å². The number of anilines is 1. The molecule has 1 heterocycles. The fourth-order valence-corrected chi connectivity index (χ4v) is 1.86. The largest absolute Gasteiger partial charge is 0.409 e. The van der Waals surface area contributed by atoms with Gasteiger partial charge in [-0.3, -0.25) is 4.98 Å². The Morgan fingerprint density at radius 2 is 2.20 bits per heavy atom. The second kappa shape index (κ2) is 6.25. The van der Waals surface area contributed by atoms with Gasteiger partial charge in [0, 0.05) is 23.5 Å². The predicted molar refractivity (Wildman–Crippen MR) is 80.3 cm³/mol. The maximum atomic E-state index is 8.64. The molecule has 0 unspecified atom stereocenters. The summed E-state index contributed by atoms with van der Waals surface area (Å²) in [6.45, 7) is 2.55. The van der Waals surface area contributed by atoms with Crippen LogP contribution >= 0.6 is 11.6 Å². The molecule has 2 aromatic rings. The molecule has 0 spiro atoms. The van der Waals surface area contributed by atoms with Crippen LogP contribution in [-0.4, -0.2) is 16.0 Å². The van der Waals surface area contributed by atoms with Crippen molar-refractivity contribution in [3.63, 3.8) is 0 Å². The van der Waals surface area contributed by atoms with Gasteiger partial charge in [0.05, 0.1) is 0 Å². The summed E-state index contributed by atoms with van der Waals surface area (Å²) in [7, 11) is 0. The predicted octanol–water partition coefficient (Wildman–Crippen LogP) is 2.75. The van der Waals surface area contributed by atoms with Crippen molar-refractivity contribution in [3.8, 4) is 0 Å². The summed E-state index contributed by atoms with van der Waals surface area (Å²) in [5.41, 5.74) is 8.89. The number of halogens is 1. The molecule has 5 nitrogen and oxygen atoms in total. The number of nitrogens with two attached hydrogens (primary N) is 1. The van der Waals surface area contributed by atoms with Crippen molar-refractivity contribution in [1.82, 2.24) is 4.98 Å². The number of hydrogen-bond acceptors (Lipinski definition) is 4. The lowest BCUT2D eigenvalue weighted by Gasteiger charge is -2.08. The number of amidine groups is 1. The zero-order valence-corrected chi connectivity index (χ0v) is 11.7. The second-order valence-corrected chi connectivity index (χ2v) is 4.76. The second-order valence-electron chi connectivity index (χ2n) is 4.35. The topological polar surface area (TPSA) is 83.5 Å². The Morgan fingerprint density at radius 3 is 2.90 bits per heavy atom. The van der Waals surface area contributed by atoms with E-state index in [2.05, 4.69) is 15.5 Å². The van der Waals surface area contributed by atoms with Crippen LogP contribution in [0, 0.1) is 6.92 Å². The minimum Gasteiger partial charge on any atom is -0.409 e. The van der Waals surface area contributed by atoms with Crippen LogP contribution in [0.15, 0.2) is 41.7 Å². The van der Waals surface area contributed by atoms with Gasteiger partial charge in [-0.05, 0) is 42.3 Å². The SMILES string of the molecule is Cc1ccc(NCc2ccnc(C(N)=NO)c2)cc1Cl. The summed E-state index contributed by atoms with van der Waals surface area (Å²) in [6, 6.07) is 9.42. The highest BCUT2D eigenvalue weighted by atomic mass is 35.5. The van der Waals surface area contributed by atoms with E-state index in [4.69, 9.17) is 22.5 Å². The molecular weight excluding hydrogens is 276 g/mol. The number of hydrogen-bond donors (Lipinski definition) is 3. The van der Waals surface area contributed by atoms with Gasteiger partial charge >= 0.3 is 0 Å². The quantitative estimate of drug-likeness (QED) is 0.350. The Hall–Kier alpha value is -2.27. The third-order valence-electron chi connectivity index (χ3n) is 2.86. The molecule has 0 aliphatic heterocycles. The molecular formula is C14H15ClN4O. The molecule has 0 amide bonds. The lowest BCUT2D eigenvalue weighted by molar-refractivity contribution is 0.318. The highest BCUT2D eigenvalue weighted by molar-refractivity contribution is 6.31. The van der Waals surface area contributed by atoms with Crippen LogP contribution in [-0.2, 0) is 6.54 Å². The Morgan fingerprint density at radius 1 is 1.40 bits per heavy atom. The molecule has 20 heavy (non-hydrogen) atoms. The fraction of sp³-hybridized carbons (Fsp3) is 0.143. The van der Waals surface area contributed by atoms with Crippen molar-refractivity contribution in [3.05, 3.63) is 58.4 Å². The van der Waals surface area contributed by atoms with Gasteiger partial charge in [0.15, 0.2) is 5.84 Å². The van der Waals surface area contributed by atoms with E-state index >= 15 is 0 Å². The first kappa shape index (κ1) is 14.1. The van der Waals surface area contributed by atoms with Gasteiger partial charge in [-0.1, -0.05) is 22.8 Å². The molecule has 0 saturated carbocycles. The van der Waals surface area contributed by atoms with E-state index in [1.807, 2.05) is 31.2 Å². The van der Waals surface area contributed by atoms with Crippen molar-refractivity contribution >= 4 is 23.1 Å². The zero-order chi connectivity index (χ0) is 14.5. The minimum absolute atomic E-state index is 0.00905. The lowest BCUT2D eigenvalue weighted by Crippen LogP contribution is -2.15. The Kier molecular flexibility index (Phi) is 4.42. The molecule has 0 saturated heterocycles. The average Bonchev–Trinajstić information content (AvgIpc) is 2.48. The van der Waals surface area contributed by atoms with Crippen molar-refractivity contribution in [2.75, 3.05) is 5.32 Å². The number of aromatic nitrogens is 1. The normalized spacial score (nSPS) is 11.4. The summed E-state index contributed by atoms with van der Waals surface area (Å²) in [5.74, 6) is -0.00905. The monoisotopic (exact) mass is 290 g/mol. The highest BCUT2D eigenvalue weighted by Crippen LogP contribution is 2.20. The number of nitrogens with zero attached hydrogens (tertiary/aromatic N) is 2. The van der Waals surface area contributed by atoms with Gasteiger partial charge in [-0.25, -0.2) is 0 Å². The third-order valence-corrected chi connectivity index (χ3v) is 3.27. The number of nitrogens with one attached hydrogen (secondary N) is 1. The molecule has 0 atom stereocenters. The van der Waals surface area contributed by atoms with Gasteiger partial charge in [-0.2, -0.15) is 0 Å². The number of benzene rings is 1. The first-order chi connectivity index (χ1) is 9.60. The zero-order valence-electron chi connectivity index (χ0n) is 11.0. The minimum atomic E-state index is -0.00905. The van der Waals surface area contributed by atoms with Crippen LogP contribution < -0.4 is 11.1 Å². The number of rotatable bonds is 4. The first-order valence-corrected chi connectivity index (χ1v) is 6.41. The third kappa shape index (κ3) is 3.39. The molecule has 0 fully saturated rings. The molecule has 2 rings (SSSR count). The van der Waals surface area contributed by atoms with Crippen LogP contribution in [0.2, 0.25) is 5.02 Å². The molecule has 1 aromatic heterocycles. The van der Waals surface area contributed by atoms with Crippen molar-refractivity contribution in [2.45, 2.75) is 13.5 Å². The van der Waals surface area contributed by atoms with Crippen molar-refractivity contribution in [1.29, 1.82) is 0 Å². The summed E-state index contributed by atoms with van der Waals surface area (Å²) >= 11 is 6.07. The summed E-state index contributed by atoms with van der Waals surface area (Å²) in [6.07, 6.45) is 1.62. The van der Waals surface area contributed by atoms with Gasteiger partial charge in [0.2, 0.25) is 0 Å². The van der Waals surface area contributed by atoms with Crippen LogP contribution in [0.5, 0.6) is 0 Å². The molecule has 104 valence electrons. The van der Waals surface area contributed by atoms with Gasteiger partial charge < -0.3 is 16.3 Å². The van der Waals surface area contributed by atoms with E-state index in [0.29, 0.717) is 12.2 Å². The smallest absolute Gasteiger partial charge is 0.188 e. The van der Waals surface area contributed by atoms with E-state index in [1.165, 1.54) is 0 Å². The number of pyridine rings is 1. The number of aryl methyl sites for hydroxylation is 1. The molecule has 0 aliphatic rings. The van der Waals surface area contributed by atoms with E-state index in [9.17, 15) is 0 Å². The van der Waals surface area contributed by atoms with Crippen LogP contribution in [0.25, 0.3) is 0 Å². The highest BCUT2D eigenvalue weighted by Gasteiger charge is 2.03. The van der Waals surface area contributed by atoms with Gasteiger partial charge in [0.25, 0.3) is 0 Å². The molecule has 4 N–H and O–H groups in total. The standard InChI is InChI=1S/C14H15ClN4O/c1-9-2-3-11(7-12(9)15)18-8-10-4-5-17-13(6-10)14(16)19-20/h2-7,18,20H,8H2,1H3,(H2,16,19). The molecule has 1 aromatic carbocycles. The summed E-state index contributed by atoms with van der Waals surface area (Å²) < 4.78 is 0. The van der Waals surface area contributed by atoms with Crippen LogP contribution in [0.4, 0.5) is 5.69 Å². The average molecular weight is 291 g/mol. The van der Waals surface area contributed by atoms with Crippen molar-refractivity contribution < 1.29 is 5.21 Å². The van der Waals surface area contributed by atoms with Gasteiger partial charge in [-0.15, -0.1) is 0 Å². The van der Waals surface area contributed by atoms with Crippen LogP contribution in [0.1, 0.15) is 16.8 Å². The Bertz CT molecular complexity index is 643. The summed E-state index contributed by atoms with van der Waals surface area (Å²) in [5, 5.41) is 15.6. The number of oxime groups is 1. The summed E-state index contributed by atoms with van der Waals surface area (Å²) in [4.78, 5) is 4.03. The lowest BCUT2D eigenvalue weighted by atomic mass is 10.2. The van der Waals surface area contributed by atoms with Gasteiger partial charge in [0.1, 0.15) is 5.69 Å². The van der Waals surface area contributed by atoms with E-state index < -0.39 is 0 Å².